The van der Waals surface area contributed by atoms with Gasteiger partial charge in [0.2, 0.25) is 5.95 Å². The zero-order valence-corrected chi connectivity index (χ0v) is 26.6. The number of amides is 1. The topological polar surface area (TPSA) is 126 Å². The molecular weight excluding hydrogens is 615 g/mol. The second-order valence-corrected chi connectivity index (χ2v) is 14.0. The molecule has 2 aliphatic heterocycles. The molecular formula is C34H42F3N5O5. The zero-order valence-electron chi connectivity index (χ0n) is 26.6. The van der Waals surface area contributed by atoms with Crippen molar-refractivity contribution >= 4 is 29.3 Å². The Morgan fingerprint density at radius 2 is 1.91 bits per heavy atom. The predicted molar refractivity (Wildman–Crippen MR) is 167 cm³/mol. The molecule has 13 heteroatoms. The van der Waals surface area contributed by atoms with Crippen LogP contribution in [-0.4, -0.2) is 66.9 Å². The number of hydrogen-bond acceptors (Lipinski definition) is 8. The highest BCUT2D eigenvalue weighted by atomic mass is 19.4. The van der Waals surface area contributed by atoms with E-state index >= 15 is 0 Å². The molecule has 47 heavy (non-hydrogen) atoms. The minimum absolute atomic E-state index is 0.0233. The van der Waals surface area contributed by atoms with Crippen LogP contribution in [0, 0.1) is 35.0 Å². The van der Waals surface area contributed by atoms with Gasteiger partial charge in [0.25, 0.3) is 5.91 Å². The molecule has 2 aromatic rings. The molecule has 4 fully saturated rings. The summed E-state index contributed by atoms with van der Waals surface area (Å²) in [4.78, 5) is 34.8. The van der Waals surface area contributed by atoms with Crippen molar-refractivity contribution in [2.24, 2.45) is 35.0 Å². The van der Waals surface area contributed by atoms with Gasteiger partial charge >= 0.3 is 12.1 Å². The maximum Gasteiger partial charge on any atom is 0.434 e. The predicted octanol–water partition coefficient (Wildman–Crippen LogP) is 5.68. The SMILES string of the molecule is CNc1nc(N2CCc3cc(OCCC4CCOCC4)ccc32)nc(C(F)(F)F)c1C(=O)NCC1CC2CC3CC(CC(=O)O)C23C1. The number of aromatic nitrogens is 2. The molecule has 1 saturated heterocycles. The van der Waals surface area contributed by atoms with Crippen molar-refractivity contribution in [1.82, 2.24) is 15.3 Å². The summed E-state index contributed by atoms with van der Waals surface area (Å²) in [6, 6.07) is 5.57. The first-order valence-electron chi connectivity index (χ1n) is 16.8. The first-order valence-corrected chi connectivity index (χ1v) is 16.8. The number of fused-ring (bicyclic) bond motifs is 1. The Labute approximate surface area is 271 Å². The smallest absolute Gasteiger partial charge is 0.434 e. The van der Waals surface area contributed by atoms with E-state index in [4.69, 9.17) is 9.47 Å². The summed E-state index contributed by atoms with van der Waals surface area (Å²) in [5.74, 6) is 0.528. The number of carbonyl (C=O) groups excluding carboxylic acids is 1. The van der Waals surface area contributed by atoms with Gasteiger partial charge in [0, 0.05) is 45.5 Å². The highest BCUT2D eigenvalue weighted by Crippen LogP contribution is 2.75. The van der Waals surface area contributed by atoms with E-state index in [2.05, 4.69) is 20.6 Å². The first kappa shape index (κ1) is 32.0. The molecule has 5 unspecified atom stereocenters. The van der Waals surface area contributed by atoms with Gasteiger partial charge in [0.15, 0.2) is 5.69 Å². The van der Waals surface area contributed by atoms with E-state index in [0.29, 0.717) is 43.0 Å². The summed E-state index contributed by atoms with van der Waals surface area (Å²) < 4.78 is 54.9. The molecule has 0 bridgehead atoms. The molecule has 10 nitrogen and oxygen atoms in total. The van der Waals surface area contributed by atoms with Crippen LogP contribution in [0.5, 0.6) is 5.75 Å². The van der Waals surface area contributed by atoms with E-state index in [1.165, 1.54) is 7.05 Å². The maximum atomic E-state index is 14.5. The van der Waals surface area contributed by atoms with E-state index in [1.54, 1.807) is 4.90 Å². The van der Waals surface area contributed by atoms with E-state index < -0.39 is 29.3 Å². The van der Waals surface area contributed by atoms with Gasteiger partial charge < -0.3 is 30.1 Å². The molecule has 3 N–H and O–H groups in total. The van der Waals surface area contributed by atoms with E-state index in [0.717, 1.165) is 69.5 Å². The van der Waals surface area contributed by atoms with Gasteiger partial charge in [-0.15, -0.1) is 0 Å². The van der Waals surface area contributed by atoms with Crippen molar-refractivity contribution in [3.8, 4) is 5.75 Å². The van der Waals surface area contributed by atoms with Gasteiger partial charge in [-0.25, -0.2) is 4.98 Å². The van der Waals surface area contributed by atoms with Gasteiger partial charge in [-0.3, -0.25) is 9.59 Å². The number of nitrogens with one attached hydrogen (secondary N) is 2. The summed E-state index contributed by atoms with van der Waals surface area (Å²) >= 11 is 0. The van der Waals surface area contributed by atoms with Crippen molar-refractivity contribution in [2.75, 3.05) is 50.2 Å². The number of alkyl halides is 3. The molecule has 1 aromatic carbocycles. The monoisotopic (exact) mass is 657 g/mol. The number of carbonyl (C=O) groups is 2. The Morgan fingerprint density at radius 3 is 2.64 bits per heavy atom. The number of hydrogen-bond donors (Lipinski definition) is 3. The third kappa shape index (κ3) is 5.89. The van der Waals surface area contributed by atoms with Crippen LogP contribution in [0.2, 0.25) is 0 Å². The Hall–Kier alpha value is -3.61. The van der Waals surface area contributed by atoms with Crippen LogP contribution in [0.25, 0.3) is 0 Å². The Balaban J connectivity index is 1.04. The number of benzene rings is 1. The highest BCUT2D eigenvalue weighted by molar-refractivity contribution is 6.00. The molecule has 7 rings (SSSR count). The van der Waals surface area contributed by atoms with Crippen molar-refractivity contribution in [2.45, 2.75) is 64.0 Å². The van der Waals surface area contributed by atoms with Gasteiger partial charge in [0.05, 0.1) is 6.61 Å². The van der Waals surface area contributed by atoms with Crippen LogP contribution >= 0.6 is 0 Å². The normalized spacial score (nSPS) is 28.0. The quantitative estimate of drug-likeness (QED) is 0.280. The molecule has 3 saturated carbocycles. The summed E-state index contributed by atoms with van der Waals surface area (Å²) in [6.07, 6.45) is 2.53. The van der Waals surface area contributed by atoms with E-state index in [9.17, 15) is 27.9 Å². The lowest BCUT2D eigenvalue weighted by Gasteiger charge is -2.66. The second kappa shape index (κ2) is 12.4. The number of ether oxygens (including phenoxy) is 2. The highest BCUT2D eigenvalue weighted by Gasteiger charge is 2.69. The summed E-state index contributed by atoms with van der Waals surface area (Å²) in [5, 5.41) is 14.8. The Morgan fingerprint density at radius 1 is 1.13 bits per heavy atom. The molecule has 1 spiro atoms. The zero-order chi connectivity index (χ0) is 32.9. The van der Waals surface area contributed by atoms with Gasteiger partial charge in [-0.05, 0) is 110 Å². The number of carboxylic acid groups (broad SMARTS) is 1. The third-order valence-corrected chi connectivity index (χ3v) is 11.6. The summed E-state index contributed by atoms with van der Waals surface area (Å²) in [5.41, 5.74) is -0.240. The van der Waals surface area contributed by atoms with Crippen LogP contribution < -0.4 is 20.3 Å². The molecule has 254 valence electrons. The minimum atomic E-state index is -4.89. The molecule has 0 radical (unpaired) electrons. The van der Waals surface area contributed by atoms with Crippen LogP contribution in [0.1, 0.15) is 73.0 Å². The molecule has 1 amide bonds. The number of aliphatic carboxylic acids is 1. The van der Waals surface area contributed by atoms with Crippen molar-refractivity contribution in [3.63, 3.8) is 0 Å². The molecule has 3 heterocycles. The average molecular weight is 658 g/mol. The lowest BCUT2D eigenvalue weighted by Crippen LogP contribution is -2.60. The lowest BCUT2D eigenvalue weighted by atomic mass is 9.38. The van der Waals surface area contributed by atoms with Crippen molar-refractivity contribution < 1.29 is 37.3 Å². The fraction of sp³-hybridized carbons (Fsp3) is 0.647. The number of anilines is 3. The molecule has 1 aromatic heterocycles. The van der Waals surface area contributed by atoms with Crippen LogP contribution in [0.15, 0.2) is 18.2 Å². The van der Waals surface area contributed by atoms with Crippen molar-refractivity contribution in [1.29, 1.82) is 0 Å². The van der Waals surface area contributed by atoms with E-state index in [-0.39, 0.29) is 42.0 Å². The first-order chi connectivity index (χ1) is 22.6. The lowest BCUT2D eigenvalue weighted by molar-refractivity contribution is -0.189. The molecule has 5 atom stereocenters. The van der Waals surface area contributed by atoms with Gasteiger partial charge in [-0.1, -0.05) is 0 Å². The number of carboxylic acids is 1. The fourth-order valence-electron chi connectivity index (χ4n) is 9.33. The maximum absolute atomic E-state index is 14.5. The number of halogens is 3. The summed E-state index contributed by atoms with van der Waals surface area (Å²) in [6.45, 7) is 2.79. The van der Waals surface area contributed by atoms with E-state index in [1.807, 2.05) is 18.2 Å². The largest absolute Gasteiger partial charge is 0.494 e. The Kier molecular flexibility index (Phi) is 8.46. The molecule has 3 aliphatic carbocycles. The van der Waals surface area contributed by atoms with Crippen LogP contribution in [0.3, 0.4) is 0 Å². The average Bonchev–Trinajstić information content (AvgIpc) is 3.63. The van der Waals surface area contributed by atoms with Gasteiger partial charge in [0.1, 0.15) is 17.1 Å². The third-order valence-electron chi connectivity index (χ3n) is 11.6. The summed E-state index contributed by atoms with van der Waals surface area (Å²) in [7, 11) is 1.44. The van der Waals surface area contributed by atoms with Crippen LogP contribution in [-0.2, 0) is 22.1 Å². The fourth-order valence-corrected chi connectivity index (χ4v) is 9.33. The number of nitrogens with zero attached hydrogens (tertiary/aromatic N) is 3. The molecule has 5 aliphatic rings. The Bertz CT molecular complexity index is 1530. The minimum Gasteiger partial charge on any atom is -0.494 e. The number of rotatable bonds is 11. The van der Waals surface area contributed by atoms with Gasteiger partial charge in [-0.2, -0.15) is 18.2 Å². The van der Waals surface area contributed by atoms with Crippen molar-refractivity contribution in [3.05, 3.63) is 35.0 Å². The van der Waals surface area contributed by atoms with Crippen LogP contribution in [0.4, 0.5) is 30.6 Å². The standard InChI is InChI=1S/C34H42F3N5O5/c1-38-30-28(31(45)39-18-20-12-22-14-23-15-24(16-27(43)44)33(22,23)17-20)29(34(35,36)37)40-32(41-30)42-8-4-21-13-25(2-3-26(21)42)47-11-7-19-5-9-46-10-6-19/h2-3,13,19-20,22-24H,4-12,14-18H2,1H3,(H,39,45)(H,43,44)(H,38,40,41). The second-order valence-electron chi connectivity index (χ2n) is 14.0.